The molecule has 28 heavy (non-hydrogen) atoms. The summed E-state index contributed by atoms with van der Waals surface area (Å²) in [6.07, 6.45) is 0.524. The zero-order valence-corrected chi connectivity index (χ0v) is 16.5. The fraction of sp³-hybridized carbons (Fsp3) is 0.208. The summed E-state index contributed by atoms with van der Waals surface area (Å²) >= 11 is 0. The zero-order valence-electron chi connectivity index (χ0n) is 15.7. The van der Waals surface area contributed by atoms with Crippen molar-refractivity contribution in [1.29, 1.82) is 0 Å². The molecule has 3 aromatic carbocycles. The second-order valence-electron chi connectivity index (χ2n) is 7.44. The van der Waals surface area contributed by atoms with Gasteiger partial charge in [0.05, 0.1) is 10.1 Å². The maximum absolute atomic E-state index is 13.1. The Labute approximate surface area is 166 Å². The van der Waals surface area contributed by atoms with E-state index in [4.69, 9.17) is 0 Å². The van der Waals surface area contributed by atoms with Crippen molar-refractivity contribution >= 4 is 15.6 Å². The van der Waals surface area contributed by atoms with E-state index in [9.17, 15) is 13.2 Å². The first kappa shape index (κ1) is 18.6. The summed E-state index contributed by atoms with van der Waals surface area (Å²) in [6, 6.07) is 25.9. The first-order valence-electron chi connectivity index (χ1n) is 9.47. The molecule has 1 aliphatic rings. The van der Waals surface area contributed by atoms with E-state index in [1.807, 2.05) is 61.5 Å². The highest BCUT2D eigenvalue weighted by molar-refractivity contribution is 7.92. The first-order chi connectivity index (χ1) is 13.5. The lowest BCUT2D eigenvalue weighted by atomic mass is 9.70. The molecule has 3 nitrogen and oxygen atoms in total. The summed E-state index contributed by atoms with van der Waals surface area (Å²) in [4.78, 5) is 13.4. The number of rotatable bonds is 5. The van der Waals surface area contributed by atoms with Gasteiger partial charge in [-0.15, -0.1) is 0 Å². The number of sulfone groups is 1. The molecule has 0 saturated heterocycles. The molecular weight excluding hydrogens is 368 g/mol. The van der Waals surface area contributed by atoms with Crippen LogP contribution in [-0.4, -0.2) is 19.5 Å². The molecule has 1 aliphatic carbocycles. The largest absolute Gasteiger partial charge is 0.294 e. The molecule has 4 rings (SSSR count). The van der Waals surface area contributed by atoms with Crippen molar-refractivity contribution in [1.82, 2.24) is 0 Å². The van der Waals surface area contributed by atoms with Gasteiger partial charge in [-0.3, -0.25) is 4.79 Å². The summed E-state index contributed by atoms with van der Waals surface area (Å²) < 4.78 is 26.0. The molecule has 0 heterocycles. The smallest absolute Gasteiger partial charge is 0.181 e. The van der Waals surface area contributed by atoms with E-state index in [2.05, 4.69) is 0 Å². The highest BCUT2D eigenvalue weighted by Crippen LogP contribution is 2.43. The highest BCUT2D eigenvalue weighted by Gasteiger charge is 2.50. The minimum Gasteiger partial charge on any atom is -0.294 e. The van der Waals surface area contributed by atoms with Gasteiger partial charge >= 0.3 is 0 Å². The predicted molar refractivity (Wildman–Crippen MR) is 111 cm³/mol. The second-order valence-corrected chi connectivity index (χ2v) is 9.61. The Balaban J connectivity index is 1.59. The number of hydrogen-bond acceptors (Lipinski definition) is 3. The van der Waals surface area contributed by atoms with Crippen LogP contribution in [-0.2, 0) is 9.84 Å². The number of carbonyl (C=O) groups is 1. The minimum atomic E-state index is -3.51. The maximum atomic E-state index is 13.1. The van der Waals surface area contributed by atoms with Gasteiger partial charge < -0.3 is 0 Å². The fourth-order valence-electron chi connectivity index (χ4n) is 4.01. The Kier molecular flexibility index (Phi) is 4.90. The standard InChI is InChI=1S/C24H22O3S/c1-17-16-22(28(26,27)21-10-6-3-7-11-21)23(17)24(25)20-14-12-19(13-15-20)18-8-4-2-5-9-18/h2-15,17,22-23H,16H2,1H3/t17-,22+,23+/m1/s1. The monoisotopic (exact) mass is 390 g/mol. The molecule has 0 amide bonds. The van der Waals surface area contributed by atoms with Gasteiger partial charge in [0.15, 0.2) is 15.6 Å². The third-order valence-corrected chi connectivity index (χ3v) is 7.88. The average molecular weight is 391 g/mol. The van der Waals surface area contributed by atoms with Crippen LogP contribution in [0, 0.1) is 11.8 Å². The molecule has 0 spiro atoms. The van der Waals surface area contributed by atoms with Crippen molar-refractivity contribution in [2.45, 2.75) is 23.5 Å². The number of benzene rings is 3. The SMILES string of the molecule is C[C@@H]1C[C@H](S(=O)(=O)c2ccccc2)[C@H]1C(=O)c1ccc(-c2ccccc2)cc1. The topological polar surface area (TPSA) is 51.2 Å². The minimum absolute atomic E-state index is 0.0600. The molecule has 3 aromatic rings. The van der Waals surface area contributed by atoms with E-state index in [0.29, 0.717) is 16.9 Å². The molecule has 3 atom stereocenters. The van der Waals surface area contributed by atoms with Crippen LogP contribution >= 0.6 is 0 Å². The summed E-state index contributed by atoms with van der Waals surface area (Å²) in [7, 11) is -3.51. The fourth-order valence-corrected chi connectivity index (χ4v) is 6.23. The van der Waals surface area contributed by atoms with Crippen LogP contribution in [0.25, 0.3) is 11.1 Å². The van der Waals surface area contributed by atoms with E-state index in [0.717, 1.165) is 11.1 Å². The van der Waals surface area contributed by atoms with Crippen molar-refractivity contribution in [2.75, 3.05) is 0 Å². The Morgan fingerprint density at radius 1 is 0.786 bits per heavy atom. The lowest BCUT2D eigenvalue weighted by Gasteiger charge is -2.41. The highest BCUT2D eigenvalue weighted by atomic mass is 32.2. The van der Waals surface area contributed by atoms with Crippen molar-refractivity contribution < 1.29 is 13.2 Å². The lowest BCUT2D eigenvalue weighted by Crippen LogP contribution is -2.49. The van der Waals surface area contributed by atoms with Crippen LogP contribution in [0.15, 0.2) is 89.8 Å². The number of ketones is 1. The average Bonchev–Trinajstić information content (AvgIpc) is 2.73. The zero-order chi connectivity index (χ0) is 19.7. The first-order valence-corrected chi connectivity index (χ1v) is 11.0. The quantitative estimate of drug-likeness (QED) is 0.574. The third-order valence-electron chi connectivity index (χ3n) is 5.67. The van der Waals surface area contributed by atoms with Gasteiger partial charge in [-0.2, -0.15) is 0 Å². The van der Waals surface area contributed by atoms with Gasteiger partial charge in [0.25, 0.3) is 0 Å². The van der Waals surface area contributed by atoms with E-state index < -0.39 is 21.0 Å². The van der Waals surface area contributed by atoms with Gasteiger partial charge in [0.2, 0.25) is 0 Å². The predicted octanol–water partition coefficient (Wildman–Crippen LogP) is 5.03. The van der Waals surface area contributed by atoms with Crippen LogP contribution < -0.4 is 0 Å². The van der Waals surface area contributed by atoms with Crippen molar-refractivity contribution in [3.05, 3.63) is 90.5 Å². The molecular formula is C24H22O3S. The number of Topliss-reactive ketones (excluding diaryl/α,β-unsaturated/α-hetero) is 1. The molecule has 4 heteroatoms. The summed E-state index contributed by atoms with van der Waals surface area (Å²) in [5.74, 6) is -0.513. The van der Waals surface area contributed by atoms with E-state index in [-0.39, 0.29) is 11.7 Å². The van der Waals surface area contributed by atoms with Crippen molar-refractivity contribution in [2.24, 2.45) is 11.8 Å². The second kappa shape index (κ2) is 7.36. The Morgan fingerprint density at radius 3 is 1.89 bits per heavy atom. The maximum Gasteiger partial charge on any atom is 0.181 e. The van der Waals surface area contributed by atoms with Crippen LogP contribution in [0.1, 0.15) is 23.7 Å². The van der Waals surface area contributed by atoms with Gasteiger partial charge in [-0.25, -0.2) is 8.42 Å². The Bertz CT molecular complexity index is 1070. The molecule has 0 aromatic heterocycles. The Hall–Kier alpha value is -2.72. The lowest BCUT2D eigenvalue weighted by molar-refractivity contribution is 0.0772. The molecule has 0 aliphatic heterocycles. The molecule has 0 radical (unpaired) electrons. The van der Waals surface area contributed by atoms with Gasteiger partial charge in [0.1, 0.15) is 0 Å². The van der Waals surface area contributed by atoms with Crippen LogP contribution in [0.2, 0.25) is 0 Å². The summed E-state index contributed by atoms with van der Waals surface area (Å²) in [5.41, 5.74) is 2.69. The molecule has 1 fully saturated rings. The molecule has 142 valence electrons. The van der Waals surface area contributed by atoms with Crippen molar-refractivity contribution in [3.63, 3.8) is 0 Å². The molecule has 0 bridgehead atoms. The van der Waals surface area contributed by atoms with Gasteiger partial charge in [-0.05, 0) is 35.6 Å². The number of carbonyl (C=O) groups excluding carboxylic acids is 1. The van der Waals surface area contributed by atoms with E-state index in [1.54, 1.807) is 30.3 Å². The third kappa shape index (κ3) is 3.29. The summed E-state index contributed by atoms with van der Waals surface area (Å²) in [6.45, 7) is 1.96. The van der Waals surface area contributed by atoms with E-state index >= 15 is 0 Å². The van der Waals surface area contributed by atoms with Crippen molar-refractivity contribution in [3.8, 4) is 11.1 Å². The molecule has 1 saturated carbocycles. The van der Waals surface area contributed by atoms with E-state index in [1.165, 1.54) is 0 Å². The van der Waals surface area contributed by atoms with Gasteiger partial charge in [-0.1, -0.05) is 79.7 Å². The normalized spacial score (nSPS) is 21.7. The van der Waals surface area contributed by atoms with Crippen LogP contribution in [0.3, 0.4) is 0 Å². The molecule has 0 N–H and O–H groups in total. The molecule has 0 unspecified atom stereocenters. The van der Waals surface area contributed by atoms with Crippen LogP contribution in [0.4, 0.5) is 0 Å². The van der Waals surface area contributed by atoms with Crippen LogP contribution in [0.5, 0.6) is 0 Å². The Morgan fingerprint density at radius 2 is 1.32 bits per heavy atom. The van der Waals surface area contributed by atoms with Gasteiger partial charge in [0, 0.05) is 11.5 Å². The summed E-state index contributed by atoms with van der Waals surface area (Å²) in [5, 5.41) is -0.647. The number of hydrogen-bond donors (Lipinski definition) is 0.